The summed E-state index contributed by atoms with van der Waals surface area (Å²) in [7, 11) is 0. The van der Waals surface area contributed by atoms with Crippen LogP contribution in [0.25, 0.3) is 0 Å². The van der Waals surface area contributed by atoms with Crippen LogP contribution in [0.4, 0.5) is 0 Å². The molecule has 2 aromatic rings. The van der Waals surface area contributed by atoms with Crippen LogP contribution >= 0.6 is 11.6 Å². The number of carbonyl (C=O) groups is 1. The van der Waals surface area contributed by atoms with Gasteiger partial charge in [-0.05, 0) is 31.7 Å². The first-order valence-corrected chi connectivity index (χ1v) is 7.35. The van der Waals surface area contributed by atoms with E-state index in [9.17, 15) is 4.79 Å². The van der Waals surface area contributed by atoms with E-state index in [1.807, 2.05) is 0 Å². The predicted octanol–water partition coefficient (Wildman–Crippen LogP) is 2.15. The van der Waals surface area contributed by atoms with Gasteiger partial charge in [-0.1, -0.05) is 16.8 Å². The summed E-state index contributed by atoms with van der Waals surface area (Å²) in [6.45, 7) is 2.48. The molecule has 2 aromatic heterocycles. The molecule has 1 aliphatic rings. The summed E-state index contributed by atoms with van der Waals surface area (Å²) in [5.41, 5.74) is 0.347. The highest BCUT2D eigenvalue weighted by atomic mass is 35.5. The molecule has 1 aliphatic carbocycles. The lowest BCUT2D eigenvalue weighted by atomic mass is 10.2. The van der Waals surface area contributed by atoms with Crippen molar-refractivity contribution in [1.29, 1.82) is 0 Å². The van der Waals surface area contributed by atoms with Gasteiger partial charge < -0.3 is 14.6 Å². The number of rotatable bonds is 6. The molecule has 0 spiro atoms. The molecule has 1 fully saturated rings. The molecule has 0 radical (unpaired) electrons. The van der Waals surface area contributed by atoms with E-state index in [0.717, 1.165) is 0 Å². The number of pyridine rings is 1. The Labute approximate surface area is 132 Å². The van der Waals surface area contributed by atoms with Crippen LogP contribution in [0.5, 0.6) is 5.88 Å². The van der Waals surface area contributed by atoms with Gasteiger partial charge >= 0.3 is 0 Å². The highest BCUT2D eigenvalue weighted by molar-refractivity contribution is 6.32. The van der Waals surface area contributed by atoms with Crippen molar-refractivity contribution in [2.75, 3.05) is 6.61 Å². The minimum atomic E-state index is -0.320. The Bertz CT molecular complexity index is 684. The molecule has 0 unspecified atom stereocenters. The maximum absolute atomic E-state index is 12.0. The van der Waals surface area contributed by atoms with Crippen molar-refractivity contribution in [1.82, 2.24) is 20.4 Å². The lowest BCUT2D eigenvalue weighted by Crippen LogP contribution is -2.23. The van der Waals surface area contributed by atoms with Gasteiger partial charge in [0.05, 0.1) is 18.7 Å². The Kier molecular flexibility index (Phi) is 4.24. The average Bonchev–Trinajstić information content (AvgIpc) is 3.24. The van der Waals surface area contributed by atoms with E-state index >= 15 is 0 Å². The third-order valence-electron chi connectivity index (χ3n) is 3.19. The Balaban J connectivity index is 1.58. The molecule has 7 nitrogen and oxygen atoms in total. The van der Waals surface area contributed by atoms with E-state index in [1.165, 1.54) is 25.1 Å². The number of amides is 1. The van der Waals surface area contributed by atoms with Crippen LogP contribution in [0.15, 0.2) is 16.8 Å². The second-order valence-corrected chi connectivity index (χ2v) is 5.59. The van der Waals surface area contributed by atoms with Crippen molar-refractivity contribution >= 4 is 17.5 Å². The predicted molar refractivity (Wildman–Crippen MR) is 77.7 cm³/mol. The zero-order valence-corrected chi connectivity index (χ0v) is 12.8. The van der Waals surface area contributed by atoms with Gasteiger partial charge in [-0.25, -0.2) is 4.98 Å². The number of nitrogens with zero attached hydrogens (tertiary/aromatic N) is 3. The fraction of sp³-hybridized carbons (Fsp3) is 0.429. The van der Waals surface area contributed by atoms with Crippen LogP contribution in [-0.2, 0) is 6.54 Å². The number of hydrogen-bond acceptors (Lipinski definition) is 6. The lowest BCUT2D eigenvalue weighted by molar-refractivity contribution is 0.0946. The molecule has 0 aromatic carbocycles. The third kappa shape index (κ3) is 3.73. The molecule has 1 saturated carbocycles. The molecule has 2 heterocycles. The van der Waals surface area contributed by atoms with Crippen LogP contribution in [0.3, 0.4) is 0 Å². The number of carbonyl (C=O) groups excluding carboxylic acids is 1. The van der Waals surface area contributed by atoms with E-state index in [-0.39, 0.29) is 12.5 Å². The minimum absolute atomic E-state index is 0.150. The standard InChI is InChI=1S/C14H15ClN4O3/c1-8-18-12(22-19-8)6-16-13(20)10-4-11(15)14(17-5-10)21-7-9-2-3-9/h4-5,9H,2-3,6-7H2,1H3,(H,16,20). The maximum atomic E-state index is 12.0. The number of halogens is 1. The van der Waals surface area contributed by atoms with Gasteiger partial charge in [0.2, 0.25) is 11.8 Å². The Hall–Kier alpha value is -2.15. The topological polar surface area (TPSA) is 90.1 Å². The van der Waals surface area contributed by atoms with Crippen molar-refractivity contribution in [3.8, 4) is 5.88 Å². The molecule has 1 N–H and O–H groups in total. The van der Waals surface area contributed by atoms with Gasteiger partial charge in [-0.3, -0.25) is 4.79 Å². The van der Waals surface area contributed by atoms with Gasteiger partial charge in [0.15, 0.2) is 5.82 Å². The molecule has 3 rings (SSSR count). The Morgan fingerprint density at radius 2 is 2.36 bits per heavy atom. The summed E-state index contributed by atoms with van der Waals surface area (Å²) in [5, 5.41) is 6.63. The van der Waals surface area contributed by atoms with Crippen molar-refractivity contribution < 1.29 is 14.1 Å². The molecule has 0 bridgehead atoms. The summed E-state index contributed by atoms with van der Waals surface area (Å²) in [6.07, 6.45) is 3.81. The Morgan fingerprint density at radius 1 is 1.55 bits per heavy atom. The number of hydrogen-bond donors (Lipinski definition) is 1. The smallest absolute Gasteiger partial charge is 0.253 e. The third-order valence-corrected chi connectivity index (χ3v) is 3.46. The van der Waals surface area contributed by atoms with Crippen molar-refractivity contribution in [3.05, 3.63) is 34.6 Å². The van der Waals surface area contributed by atoms with Gasteiger partial charge in [-0.15, -0.1) is 0 Å². The van der Waals surface area contributed by atoms with Gasteiger partial charge in [0, 0.05) is 6.20 Å². The van der Waals surface area contributed by atoms with E-state index in [1.54, 1.807) is 6.92 Å². The number of aromatic nitrogens is 3. The maximum Gasteiger partial charge on any atom is 0.253 e. The fourth-order valence-corrected chi connectivity index (χ4v) is 2.03. The quantitative estimate of drug-likeness (QED) is 0.876. The van der Waals surface area contributed by atoms with Gasteiger partial charge in [0.1, 0.15) is 5.02 Å². The van der Waals surface area contributed by atoms with Crippen LogP contribution in [0.2, 0.25) is 5.02 Å². The van der Waals surface area contributed by atoms with Crippen LogP contribution in [-0.4, -0.2) is 27.6 Å². The number of nitrogens with one attached hydrogen (secondary N) is 1. The highest BCUT2D eigenvalue weighted by Gasteiger charge is 2.22. The minimum Gasteiger partial charge on any atom is -0.476 e. The monoisotopic (exact) mass is 322 g/mol. The van der Waals surface area contributed by atoms with Crippen LogP contribution in [0.1, 0.15) is 34.9 Å². The van der Waals surface area contributed by atoms with Gasteiger partial charge in [-0.2, -0.15) is 4.98 Å². The lowest BCUT2D eigenvalue weighted by Gasteiger charge is -2.07. The summed E-state index contributed by atoms with van der Waals surface area (Å²) >= 11 is 6.09. The number of aryl methyl sites for hydroxylation is 1. The van der Waals surface area contributed by atoms with Crippen molar-refractivity contribution in [2.45, 2.75) is 26.3 Å². The van der Waals surface area contributed by atoms with E-state index in [2.05, 4.69) is 20.4 Å². The van der Waals surface area contributed by atoms with E-state index in [4.69, 9.17) is 20.9 Å². The zero-order valence-electron chi connectivity index (χ0n) is 12.0. The largest absolute Gasteiger partial charge is 0.476 e. The summed E-state index contributed by atoms with van der Waals surface area (Å²) in [6, 6.07) is 1.53. The molecule has 22 heavy (non-hydrogen) atoms. The first-order chi connectivity index (χ1) is 10.6. The molecular weight excluding hydrogens is 308 g/mol. The SMILES string of the molecule is Cc1noc(CNC(=O)c2cnc(OCC3CC3)c(Cl)c2)n1. The van der Waals surface area contributed by atoms with E-state index < -0.39 is 0 Å². The summed E-state index contributed by atoms with van der Waals surface area (Å²) in [5.74, 6) is 1.51. The second kappa shape index (κ2) is 6.31. The molecule has 0 atom stereocenters. The Morgan fingerprint density at radius 3 is 3.00 bits per heavy atom. The summed E-state index contributed by atoms with van der Waals surface area (Å²) < 4.78 is 10.4. The first kappa shape index (κ1) is 14.8. The highest BCUT2D eigenvalue weighted by Crippen LogP contribution is 2.30. The first-order valence-electron chi connectivity index (χ1n) is 6.97. The molecule has 116 valence electrons. The van der Waals surface area contributed by atoms with Crippen LogP contribution < -0.4 is 10.1 Å². The fourth-order valence-electron chi connectivity index (χ4n) is 1.81. The normalized spacial score (nSPS) is 13.9. The molecule has 0 saturated heterocycles. The zero-order chi connectivity index (χ0) is 15.5. The molecule has 0 aliphatic heterocycles. The van der Waals surface area contributed by atoms with Gasteiger partial charge in [0.25, 0.3) is 5.91 Å². The van der Waals surface area contributed by atoms with Crippen molar-refractivity contribution in [2.24, 2.45) is 5.92 Å². The molecule has 8 heteroatoms. The van der Waals surface area contributed by atoms with Crippen LogP contribution in [0, 0.1) is 12.8 Å². The average molecular weight is 323 g/mol. The number of ether oxygens (including phenoxy) is 1. The van der Waals surface area contributed by atoms with E-state index in [0.29, 0.717) is 40.7 Å². The summed E-state index contributed by atoms with van der Waals surface area (Å²) in [4.78, 5) is 20.1. The molecular formula is C14H15ClN4O3. The molecule has 1 amide bonds. The second-order valence-electron chi connectivity index (χ2n) is 5.18. The van der Waals surface area contributed by atoms with Crippen molar-refractivity contribution in [3.63, 3.8) is 0 Å².